The number of phenols is 1. The van der Waals surface area contributed by atoms with Crippen LogP contribution in [0.15, 0.2) is 29.8 Å². The summed E-state index contributed by atoms with van der Waals surface area (Å²) in [5, 5.41) is 13.8. The van der Waals surface area contributed by atoms with Crippen molar-refractivity contribution in [2.75, 3.05) is 6.54 Å². The first-order chi connectivity index (χ1) is 9.75. The van der Waals surface area contributed by atoms with Crippen LogP contribution >= 0.6 is 0 Å². The van der Waals surface area contributed by atoms with Crippen LogP contribution in [0.3, 0.4) is 0 Å². The lowest BCUT2D eigenvalue weighted by Gasteiger charge is -2.57. The zero-order valence-corrected chi connectivity index (χ0v) is 12.2. The second-order valence-electron chi connectivity index (χ2n) is 6.64. The fourth-order valence-electron chi connectivity index (χ4n) is 5.23. The molecule has 3 atom stereocenters. The van der Waals surface area contributed by atoms with E-state index >= 15 is 0 Å². The monoisotopic (exact) mass is 269 g/mol. The topological polar surface area (TPSA) is 32.3 Å². The van der Waals surface area contributed by atoms with E-state index in [1.54, 1.807) is 5.57 Å². The zero-order valence-electron chi connectivity index (χ0n) is 12.2. The largest absolute Gasteiger partial charge is 0.508 e. The molecular weight excluding hydrogens is 246 g/mol. The molecule has 2 heteroatoms. The molecule has 1 aliphatic heterocycles. The summed E-state index contributed by atoms with van der Waals surface area (Å²) in [7, 11) is 0. The average molecular weight is 269 g/mol. The number of nitrogens with one attached hydrogen (secondary N) is 1. The second-order valence-corrected chi connectivity index (χ2v) is 6.64. The Hall–Kier alpha value is -1.28. The molecule has 2 fully saturated rings. The van der Waals surface area contributed by atoms with Gasteiger partial charge in [-0.1, -0.05) is 17.7 Å². The molecule has 2 bridgehead atoms. The van der Waals surface area contributed by atoms with E-state index in [0.29, 0.717) is 17.7 Å². The van der Waals surface area contributed by atoms with E-state index in [9.17, 15) is 5.11 Å². The molecule has 0 spiro atoms. The Morgan fingerprint density at radius 3 is 3.15 bits per heavy atom. The number of phenolic OH excluding ortho intramolecular Hbond substituents is 1. The van der Waals surface area contributed by atoms with Crippen molar-refractivity contribution in [1.29, 1.82) is 0 Å². The van der Waals surface area contributed by atoms with Crippen LogP contribution in [0.4, 0.5) is 0 Å². The number of benzene rings is 1. The van der Waals surface area contributed by atoms with E-state index in [-0.39, 0.29) is 5.41 Å². The van der Waals surface area contributed by atoms with Crippen molar-refractivity contribution in [3.63, 3.8) is 0 Å². The molecule has 2 aliphatic carbocycles. The summed E-state index contributed by atoms with van der Waals surface area (Å²) in [6.07, 6.45) is 8.54. The molecule has 2 N–H and O–H groups in total. The van der Waals surface area contributed by atoms with E-state index < -0.39 is 0 Å². The molecule has 1 heterocycles. The Kier molecular flexibility index (Phi) is 2.71. The molecule has 0 radical (unpaired) electrons. The molecule has 0 amide bonds. The molecule has 0 aromatic heterocycles. The summed E-state index contributed by atoms with van der Waals surface area (Å²) in [4.78, 5) is 0. The molecular formula is C18H23NO. The molecule has 20 heavy (non-hydrogen) atoms. The molecule has 3 aliphatic rings. The van der Waals surface area contributed by atoms with Gasteiger partial charge in [-0.2, -0.15) is 0 Å². The van der Waals surface area contributed by atoms with Crippen molar-refractivity contribution in [2.24, 2.45) is 5.92 Å². The maximum Gasteiger partial charge on any atom is 0.115 e. The first-order valence-corrected chi connectivity index (χ1v) is 7.97. The predicted octanol–water partition coefficient (Wildman–Crippen LogP) is 3.29. The first kappa shape index (κ1) is 12.5. The van der Waals surface area contributed by atoms with Crippen LogP contribution < -0.4 is 5.32 Å². The Morgan fingerprint density at radius 1 is 1.40 bits per heavy atom. The van der Waals surface area contributed by atoms with E-state index in [4.69, 9.17) is 0 Å². The van der Waals surface area contributed by atoms with Crippen LogP contribution in [0.1, 0.15) is 43.7 Å². The molecule has 1 aromatic carbocycles. The van der Waals surface area contributed by atoms with Crippen molar-refractivity contribution in [2.45, 2.75) is 50.5 Å². The average Bonchev–Trinajstić information content (AvgIpc) is 2.47. The van der Waals surface area contributed by atoms with Gasteiger partial charge < -0.3 is 10.4 Å². The molecule has 1 saturated heterocycles. The lowest BCUT2D eigenvalue weighted by molar-refractivity contribution is 0.122. The highest BCUT2D eigenvalue weighted by Gasteiger charge is 2.53. The maximum atomic E-state index is 10.00. The number of rotatable bonds is 0. The predicted molar refractivity (Wildman–Crippen MR) is 81.0 cm³/mol. The van der Waals surface area contributed by atoms with Crippen LogP contribution in [0.25, 0.3) is 0 Å². The summed E-state index contributed by atoms with van der Waals surface area (Å²) in [5.74, 6) is 1.14. The van der Waals surface area contributed by atoms with Crippen LogP contribution in [0.5, 0.6) is 5.75 Å². The third-order valence-electron chi connectivity index (χ3n) is 5.94. The number of allylic oxidation sites excluding steroid dienone is 2. The van der Waals surface area contributed by atoms with Crippen molar-refractivity contribution in [1.82, 2.24) is 5.32 Å². The highest BCUT2D eigenvalue weighted by molar-refractivity contribution is 5.51. The maximum absolute atomic E-state index is 10.00. The highest BCUT2D eigenvalue weighted by atomic mass is 16.3. The van der Waals surface area contributed by atoms with E-state index in [2.05, 4.69) is 30.4 Å². The Labute approximate surface area is 120 Å². The van der Waals surface area contributed by atoms with Gasteiger partial charge in [-0.3, -0.25) is 0 Å². The number of hydrogen-bond acceptors (Lipinski definition) is 2. The highest BCUT2D eigenvalue weighted by Crippen LogP contribution is 2.56. The Morgan fingerprint density at radius 2 is 2.30 bits per heavy atom. The number of aromatic hydroxyl groups is 1. The summed E-state index contributed by atoms with van der Waals surface area (Å²) in [6, 6.07) is 6.67. The van der Waals surface area contributed by atoms with Gasteiger partial charge in [0, 0.05) is 11.5 Å². The van der Waals surface area contributed by atoms with Crippen LogP contribution in [-0.4, -0.2) is 17.7 Å². The standard InChI is InChI=1S/C18H23NO/c1-2-13-4-3-5-15-17-10-12-6-7-14(20)11-16(12)18(13,15)8-9-19-17/h2,6-7,11,15,17,19-20H,3-5,8-10H2,1H3/t15-,17+,18-/m0/s1. The van der Waals surface area contributed by atoms with Gasteiger partial charge in [0.1, 0.15) is 5.75 Å². The number of hydrogen-bond donors (Lipinski definition) is 2. The molecule has 1 saturated carbocycles. The summed E-state index contributed by atoms with van der Waals surface area (Å²) >= 11 is 0. The number of fused-ring (bicyclic) bond motifs is 1. The smallest absolute Gasteiger partial charge is 0.115 e. The first-order valence-electron chi connectivity index (χ1n) is 7.97. The molecule has 2 nitrogen and oxygen atoms in total. The van der Waals surface area contributed by atoms with Gasteiger partial charge in [-0.15, -0.1) is 0 Å². The molecule has 0 unspecified atom stereocenters. The van der Waals surface area contributed by atoms with Crippen molar-refractivity contribution >= 4 is 0 Å². The quantitative estimate of drug-likeness (QED) is 0.708. The minimum atomic E-state index is 0.204. The SMILES string of the molecule is CC=C1CCC[C@H]2[C@H]3Cc4ccc(O)cc4[C@@]12CCN3. The Balaban J connectivity index is 1.98. The third kappa shape index (κ3) is 1.49. The second kappa shape index (κ2) is 4.36. The normalized spacial score (nSPS) is 37.4. The van der Waals surface area contributed by atoms with Crippen molar-refractivity contribution < 1.29 is 5.11 Å². The lowest BCUT2D eigenvalue weighted by atomic mass is 9.51. The summed E-state index contributed by atoms with van der Waals surface area (Å²) < 4.78 is 0. The summed E-state index contributed by atoms with van der Waals surface area (Å²) in [6.45, 7) is 3.30. The lowest BCUT2D eigenvalue weighted by Crippen LogP contribution is -2.60. The zero-order chi connectivity index (χ0) is 13.7. The van der Waals surface area contributed by atoms with E-state index in [0.717, 1.165) is 13.0 Å². The molecule has 1 aromatic rings. The Bertz CT molecular complexity index is 577. The van der Waals surface area contributed by atoms with Crippen LogP contribution in [0, 0.1) is 5.92 Å². The van der Waals surface area contributed by atoms with Crippen LogP contribution in [0.2, 0.25) is 0 Å². The fourth-order valence-corrected chi connectivity index (χ4v) is 5.23. The third-order valence-corrected chi connectivity index (χ3v) is 5.94. The van der Waals surface area contributed by atoms with E-state index in [1.165, 1.54) is 36.8 Å². The number of piperidine rings is 1. The van der Waals surface area contributed by atoms with Gasteiger partial charge in [-0.05, 0) is 74.8 Å². The van der Waals surface area contributed by atoms with Crippen LogP contribution in [-0.2, 0) is 11.8 Å². The van der Waals surface area contributed by atoms with Gasteiger partial charge >= 0.3 is 0 Å². The fraction of sp³-hybridized carbons (Fsp3) is 0.556. The van der Waals surface area contributed by atoms with Gasteiger partial charge in [0.05, 0.1) is 0 Å². The molecule has 4 rings (SSSR count). The van der Waals surface area contributed by atoms with Crippen molar-refractivity contribution in [3.8, 4) is 5.75 Å². The van der Waals surface area contributed by atoms with Gasteiger partial charge in [0.2, 0.25) is 0 Å². The van der Waals surface area contributed by atoms with Gasteiger partial charge in [0.25, 0.3) is 0 Å². The minimum Gasteiger partial charge on any atom is -0.508 e. The minimum absolute atomic E-state index is 0.204. The van der Waals surface area contributed by atoms with E-state index in [1.807, 2.05) is 6.07 Å². The van der Waals surface area contributed by atoms with Gasteiger partial charge in [0.15, 0.2) is 0 Å². The van der Waals surface area contributed by atoms with Crippen molar-refractivity contribution in [3.05, 3.63) is 41.0 Å². The summed E-state index contributed by atoms with van der Waals surface area (Å²) in [5.41, 5.74) is 4.69. The van der Waals surface area contributed by atoms with Gasteiger partial charge in [-0.25, -0.2) is 0 Å². The molecule has 106 valence electrons.